The summed E-state index contributed by atoms with van der Waals surface area (Å²) in [5.41, 5.74) is -1.10. The van der Waals surface area contributed by atoms with Crippen molar-refractivity contribution in [2.45, 2.75) is 31.0 Å². The number of methoxy groups -OCH3 is 1. The Balaban J connectivity index is 2.31. The number of hydrogen-bond acceptors (Lipinski definition) is 2. The van der Waals surface area contributed by atoms with E-state index >= 15 is 0 Å². The highest BCUT2D eigenvalue weighted by Gasteiger charge is 2.41. The number of benzene rings is 1. The van der Waals surface area contributed by atoms with Gasteiger partial charge in [0.05, 0.1) is 18.3 Å². The van der Waals surface area contributed by atoms with Gasteiger partial charge in [0.15, 0.2) is 0 Å². The number of halogens is 3. The van der Waals surface area contributed by atoms with E-state index in [9.17, 15) is 18.3 Å². The van der Waals surface area contributed by atoms with Crippen molar-refractivity contribution >= 4 is 0 Å². The van der Waals surface area contributed by atoms with Crippen LogP contribution in [0.15, 0.2) is 18.2 Å². The average molecular weight is 246 g/mol. The molecule has 0 heterocycles. The van der Waals surface area contributed by atoms with Gasteiger partial charge in [0.2, 0.25) is 0 Å². The molecule has 0 unspecified atom stereocenters. The first-order valence-electron chi connectivity index (χ1n) is 5.31. The molecule has 1 aromatic rings. The van der Waals surface area contributed by atoms with Crippen molar-refractivity contribution in [2.24, 2.45) is 0 Å². The summed E-state index contributed by atoms with van der Waals surface area (Å²) < 4.78 is 42.9. The van der Waals surface area contributed by atoms with Crippen LogP contribution in [0.4, 0.5) is 13.2 Å². The van der Waals surface area contributed by atoms with Crippen LogP contribution in [0.2, 0.25) is 0 Å². The van der Waals surface area contributed by atoms with Crippen LogP contribution < -0.4 is 4.74 Å². The second kappa shape index (κ2) is 3.91. The number of alkyl halides is 3. The Morgan fingerprint density at radius 1 is 1.35 bits per heavy atom. The van der Waals surface area contributed by atoms with Gasteiger partial charge < -0.3 is 9.84 Å². The van der Waals surface area contributed by atoms with E-state index in [4.69, 9.17) is 4.74 Å². The van der Waals surface area contributed by atoms with Crippen molar-refractivity contribution in [1.82, 2.24) is 0 Å². The number of rotatable bonds is 3. The molecular weight excluding hydrogens is 233 g/mol. The van der Waals surface area contributed by atoms with Gasteiger partial charge in [0.25, 0.3) is 0 Å². The van der Waals surface area contributed by atoms with Crippen molar-refractivity contribution in [3.8, 4) is 5.75 Å². The molecule has 0 saturated heterocycles. The van der Waals surface area contributed by atoms with E-state index in [1.807, 2.05) is 0 Å². The van der Waals surface area contributed by atoms with Gasteiger partial charge in [0, 0.05) is 6.42 Å². The number of hydrogen-bond donors (Lipinski definition) is 1. The molecule has 0 aromatic heterocycles. The van der Waals surface area contributed by atoms with Crippen molar-refractivity contribution in [3.63, 3.8) is 0 Å². The first-order valence-corrected chi connectivity index (χ1v) is 5.31. The van der Waals surface area contributed by atoms with Gasteiger partial charge >= 0.3 is 6.18 Å². The lowest BCUT2D eigenvalue weighted by Crippen LogP contribution is -2.13. The maximum absolute atomic E-state index is 12.7. The molecule has 0 spiro atoms. The second-order valence-electron chi connectivity index (χ2n) is 4.43. The van der Waals surface area contributed by atoms with Crippen LogP contribution in [-0.2, 0) is 12.6 Å². The number of aliphatic hydroxyl groups is 1. The molecule has 1 aliphatic rings. The zero-order chi connectivity index (χ0) is 12.7. The summed E-state index contributed by atoms with van der Waals surface area (Å²) in [6.07, 6.45) is -2.87. The van der Waals surface area contributed by atoms with E-state index in [1.165, 1.54) is 13.2 Å². The Hall–Kier alpha value is -1.23. The Kier molecular flexibility index (Phi) is 2.81. The lowest BCUT2D eigenvalue weighted by molar-refractivity contribution is -0.138. The number of ether oxygens (including phenoxy) is 1. The Morgan fingerprint density at radius 2 is 2.00 bits per heavy atom. The fourth-order valence-electron chi connectivity index (χ4n) is 1.79. The highest BCUT2D eigenvalue weighted by Crippen LogP contribution is 2.41. The van der Waals surface area contributed by atoms with Crippen LogP contribution in [0.1, 0.15) is 24.0 Å². The SMILES string of the molecule is COc1ccc(CC2(O)CC2)cc1C(F)(F)F. The summed E-state index contributed by atoms with van der Waals surface area (Å²) in [6, 6.07) is 3.91. The summed E-state index contributed by atoms with van der Waals surface area (Å²) >= 11 is 0. The molecule has 0 radical (unpaired) electrons. The fraction of sp³-hybridized carbons (Fsp3) is 0.500. The van der Waals surface area contributed by atoms with E-state index in [-0.39, 0.29) is 12.2 Å². The first kappa shape index (κ1) is 12.2. The molecule has 0 amide bonds. The maximum Gasteiger partial charge on any atom is 0.419 e. The zero-order valence-corrected chi connectivity index (χ0v) is 9.34. The maximum atomic E-state index is 12.7. The predicted molar refractivity (Wildman–Crippen MR) is 55.9 cm³/mol. The van der Waals surface area contributed by atoms with Gasteiger partial charge in [-0.25, -0.2) is 0 Å². The second-order valence-corrected chi connectivity index (χ2v) is 4.43. The fourth-order valence-corrected chi connectivity index (χ4v) is 1.79. The van der Waals surface area contributed by atoms with Gasteiger partial charge in [-0.15, -0.1) is 0 Å². The summed E-state index contributed by atoms with van der Waals surface area (Å²) in [6.45, 7) is 0. The lowest BCUT2D eigenvalue weighted by Gasteiger charge is -2.14. The van der Waals surface area contributed by atoms with Crippen LogP contribution in [0.25, 0.3) is 0 Å². The van der Waals surface area contributed by atoms with Crippen LogP contribution in [0.5, 0.6) is 5.75 Å². The summed E-state index contributed by atoms with van der Waals surface area (Å²) in [5, 5.41) is 9.69. The quantitative estimate of drug-likeness (QED) is 0.888. The Labute approximate surface area is 97.0 Å². The smallest absolute Gasteiger partial charge is 0.419 e. The van der Waals surface area contributed by atoms with Crippen molar-refractivity contribution in [1.29, 1.82) is 0 Å². The minimum absolute atomic E-state index is 0.191. The molecule has 2 rings (SSSR count). The Bertz CT molecular complexity index is 422. The molecule has 94 valence electrons. The molecule has 0 bridgehead atoms. The molecule has 1 saturated carbocycles. The molecule has 5 heteroatoms. The molecule has 1 aromatic carbocycles. The molecule has 2 nitrogen and oxygen atoms in total. The van der Waals surface area contributed by atoms with Crippen molar-refractivity contribution < 1.29 is 23.0 Å². The summed E-state index contributed by atoms with van der Waals surface area (Å²) in [5.74, 6) is -0.191. The van der Waals surface area contributed by atoms with Crippen LogP contribution in [-0.4, -0.2) is 17.8 Å². The van der Waals surface area contributed by atoms with E-state index in [1.54, 1.807) is 6.07 Å². The third-order valence-corrected chi connectivity index (χ3v) is 2.93. The Morgan fingerprint density at radius 3 is 2.47 bits per heavy atom. The third kappa shape index (κ3) is 2.72. The van der Waals surface area contributed by atoms with E-state index in [0.717, 1.165) is 6.07 Å². The zero-order valence-electron chi connectivity index (χ0n) is 9.34. The molecule has 17 heavy (non-hydrogen) atoms. The van der Waals surface area contributed by atoms with Gasteiger partial charge in [0.1, 0.15) is 5.75 Å². The van der Waals surface area contributed by atoms with Crippen molar-refractivity contribution in [3.05, 3.63) is 29.3 Å². The monoisotopic (exact) mass is 246 g/mol. The highest BCUT2D eigenvalue weighted by molar-refractivity contribution is 5.40. The third-order valence-electron chi connectivity index (χ3n) is 2.93. The molecule has 1 aliphatic carbocycles. The largest absolute Gasteiger partial charge is 0.496 e. The molecule has 1 fully saturated rings. The predicted octanol–water partition coefficient (Wildman–Crippen LogP) is 2.78. The highest BCUT2D eigenvalue weighted by atomic mass is 19.4. The van der Waals surface area contributed by atoms with Crippen molar-refractivity contribution in [2.75, 3.05) is 7.11 Å². The van der Waals surface area contributed by atoms with Gasteiger partial charge in [-0.05, 0) is 30.5 Å². The summed E-state index contributed by atoms with van der Waals surface area (Å²) in [4.78, 5) is 0. The average Bonchev–Trinajstić information content (AvgIpc) is 2.95. The van der Waals surface area contributed by atoms with E-state index < -0.39 is 17.3 Å². The van der Waals surface area contributed by atoms with Gasteiger partial charge in [-0.3, -0.25) is 0 Å². The van der Waals surface area contributed by atoms with E-state index in [2.05, 4.69) is 0 Å². The lowest BCUT2D eigenvalue weighted by atomic mass is 10.0. The van der Waals surface area contributed by atoms with Crippen LogP contribution in [0.3, 0.4) is 0 Å². The standard InChI is InChI=1S/C12H13F3O2/c1-17-10-3-2-8(7-11(16)4-5-11)6-9(10)12(13,14)15/h2-3,6,16H,4-5,7H2,1H3. The molecule has 0 atom stereocenters. The van der Waals surface area contributed by atoms with Crippen LogP contribution >= 0.6 is 0 Å². The molecular formula is C12H13F3O2. The molecule has 0 aliphatic heterocycles. The first-order chi connectivity index (χ1) is 7.84. The minimum Gasteiger partial charge on any atom is -0.496 e. The van der Waals surface area contributed by atoms with Crippen LogP contribution in [0, 0.1) is 0 Å². The van der Waals surface area contributed by atoms with Gasteiger partial charge in [-0.1, -0.05) is 6.07 Å². The van der Waals surface area contributed by atoms with E-state index in [0.29, 0.717) is 18.4 Å². The van der Waals surface area contributed by atoms with Gasteiger partial charge in [-0.2, -0.15) is 13.2 Å². The normalized spacial score (nSPS) is 17.9. The topological polar surface area (TPSA) is 29.5 Å². The molecule has 1 N–H and O–H groups in total. The summed E-state index contributed by atoms with van der Waals surface area (Å²) in [7, 11) is 1.21. The minimum atomic E-state index is -4.44.